The van der Waals surface area contributed by atoms with Gasteiger partial charge in [0.15, 0.2) is 0 Å². The third-order valence-corrected chi connectivity index (χ3v) is 3.93. The van der Waals surface area contributed by atoms with Gasteiger partial charge in [0.2, 0.25) is 5.91 Å². The van der Waals surface area contributed by atoms with Crippen molar-refractivity contribution in [1.29, 1.82) is 0 Å². The van der Waals surface area contributed by atoms with Crippen LogP contribution in [-0.4, -0.2) is 39.6 Å². The fourth-order valence-corrected chi connectivity index (χ4v) is 3.02. The molecular weight excluding hydrogens is 301 g/mol. The lowest BCUT2D eigenvalue weighted by molar-refractivity contribution is -0.125. The Morgan fingerprint density at radius 1 is 1.55 bits per heavy atom. The number of likely N-dealkylation sites (tertiary alicyclic amines) is 1. The topological polar surface area (TPSA) is 79.5 Å². The van der Waals surface area contributed by atoms with E-state index in [9.17, 15) is 9.90 Å². The predicted molar refractivity (Wildman–Crippen MR) is 77.5 cm³/mol. The van der Waals surface area contributed by atoms with Crippen molar-refractivity contribution in [2.45, 2.75) is 31.4 Å². The smallest absolute Gasteiger partial charge is 0.220 e. The molecule has 1 atom stereocenters. The van der Waals surface area contributed by atoms with Crippen LogP contribution in [0.3, 0.4) is 0 Å². The van der Waals surface area contributed by atoms with E-state index >= 15 is 0 Å². The molecule has 0 saturated carbocycles. The minimum Gasteiger partial charge on any atom is -0.388 e. The molecule has 7 heteroatoms. The first-order valence-corrected chi connectivity index (χ1v) is 7.16. The average molecular weight is 318 g/mol. The quantitative estimate of drug-likeness (QED) is 0.883. The van der Waals surface area contributed by atoms with Crippen LogP contribution < -0.4 is 5.73 Å². The highest BCUT2D eigenvalue weighted by Crippen LogP contribution is 2.27. The van der Waals surface area contributed by atoms with Crippen molar-refractivity contribution in [3.05, 3.63) is 28.0 Å². The molecule has 0 spiro atoms. The summed E-state index contributed by atoms with van der Waals surface area (Å²) in [6, 6.07) is 1.64. The summed E-state index contributed by atoms with van der Waals surface area (Å²) in [6.07, 6.45) is 2.90. The number of amides is 1. The highest BCUT2D eigenvalue weighted by atomic mass is 35.5. The summed E-state index contributed by atoms with van der Waals surface area (Å²) in [5, 5.41) is 11.4. The molecule has 1 unspecified atom stereocenters. The van der Waals surface area contributed by atoms with Crippen LogP contribution in [0.15, 0.2) is 12.3 Å². The monoisotopic (exact) mass is 317 g/mol. The van der Waals surface area contributed by atoms with E-state index in [-0.39, 0.29) is 6.42 Å². The van der Waals surface area contributed by atoms with Gasteiger partial charge in [0.05, 0.1) is 27.8 Å². The van der Waals surface area contributed by atoms with E-state index in [1.165, 1.54) is 0 Å². The van der Waals surface area contributed by atoms with E-state index in [1.54, 1.807) is 12.3 Å². The van der Waals surface area contributed by atoms with Gasteiger partial charge in [-0.15, -0.1) is 0 Å². The molecule has 0 bridgehead atoms. The zero-order valence-electron chi connectivity index (χ0n) is 11.0. The first-order chi connectivity index (χ1) is 9.38. The maximum absolute atomic E-state index is 11.0. The van der Waals surface area contributed by atoms with Gasteiger partial charge in [-0.05, 0) is 25.5 Å². The summed E-state index contributed by atoms with van der Waals surface area (Å²) in [7, 11) is 0. The third kappa shape index (κ3) is 4.06. The van der Waals surface area contributed by atoms with Crippen LogP contribution in [0.25, 0.3) is 0 Å². The first kappa shape index (κ1) is 15.5. The first-order valence-electron chi connectivity index (χ1n) is 6.41. The number of aromatic nitrogens is 1. The number of β-amino-alcohol motifs (C(OH)–C–C–N with tert-alkyl or cyclic N) is 1. The lowest BCUT2D eigenvalue weighted by atomic mass is 9.89. The summed E-state index contributed by atoms with van der Waals surface area (Å²) < 4.78 is 0. The van der Waals surface area contributed by atoms with Gasteiger partial charge in [-0.3, -0.25) is 14.7 Å². The van der Waals surface area contributed by atoms with Gasteiger partial charge in [-0.1, -0.05) is 23.2 Å². The van der Waals surface area contributed by atoms with E-state index in [1.807, 2.05) is 4.90 Å². The van der Waals surface area contributed by atoms with Crippen LogP contribution in [0.1, 0.15) is 25.0 Å². The van der Waals surface area contributed by atoms with Crippen LogP contribution in [0.4, 0.5) is 0 Å². The summed E-state index contributed by atoms with van der Waals surface area (Å²) in [5.41, 5.74) is 4.84. The molecule has 3 N–H and O–H groups in total. The maximum atomic E-state index is 11.0. The lowest BCUT2D eigenvalue weighted by Crippen LogP contribution is -2.49. The molecule has 2 rings (SSSR count). The zero-order chi connectivity index (χ0) is 14.8. The van der Waals surface area contributed by atoms with Crippen molar-refractivity contribution in [3.63, 3.8) is 0 Å². The number of pyridine rings is 1. The Morgan fingerprint density at radius 2 is 2.30 bits per heavy atom. The molecular formula is C13H17Cl2N3O2. The Morgan fingerprint density at radius 3 is 2.95 bits per heavy atom. The number of nitrogens with two attached hydrogens (primary N) is 1. The molecule has 110 valence electrons. The Kier molecular flexibility index (Phi) is 4.86. The van der Waals surface area contributed by atoms with Crippen LogP contribution in [0.5, 0.6) is 0 Å². The summed E-state index contributed by atoms with van der Waals surface area (Å²) in [5.74, 6) is -0.489. The van der Waals surface area contributed by atoms with Crippen molar-refractivity contribution in [2.24, 2.45) is 5.73 Å². The van der Waals surface area contributed by atoms with E-state index in [4.69, 9.17) is 28.9 Å². The number of halogens is 2. The highest BCUT2D eigenvalue weighted by Gasteiger charge is 2.34. The number of nitrogens with zero attached hydrogens (tertiary/aromatic N) is 2. The van der Waals surface area contributed by atoms with Crippen LogP contribution in [-0.2, 0) is 11.3 Å². The minimum absolute atomic E-state index is 0.0225. The fourth-order valence-electron chi connectivity index (χ4n) is 2.58. The van der Waals surface area contributed by atoms with E-state index in [2.05, 4.69) is 4.98 Å². The second kappa shape index (κ2) is 6.26. The number of aliphatic hydroxyl groups is 1. The highest BCUT2D eigenvalue weighted by molar-refractivity contribution is 6.34. The molecule has 0 radical (unpaired) electrons. The normalized spacial score (nSPS) is 23.8. The Hall–Kier alpha value is -0.880. The number of piperidine rings is 1. The molecule has 1 aliphatic rings. The number of primary amides is 1. The molecule has 1 aliphatic heterocycles. The molecule has 5 nitrogen and oxygen atoms in total. The Bertz CT molecular complexity index is 512. The summed E-state index contributed by atoms with van der Waals surface area (Å²) >= 11 is 11.9. The molecule has 1 saturated heterocycles. The van der Waals surface area contributed by atoms with E-state index in [0.717, 1.165) is 13.0 Å². The standard InChI is InChI=1S/C13H17Cl2N3O2/c14-9-4-10(15)11(17-6-9)7-18-3-1-2-13(20,8-18)5-12(16)19/h4,6,20H,1-3,5,7-8H2,(H2,16,19). The van der Waals surface area contributed by atoms with Crippen LogP contribution >= 0.6 is 23.2 Å². The molecule has 0 aromatic carbocycles. The molecule has 1 amide bonds. The molecule has 0 aliphatic carbocycles. The van der Waals surface area contributed by atoms with Gasteiger partial charge in [-0.25, -0.2) is 0 Å². The number of hydrogen-bond acceptors (Lipinski definition) is 4. The van der Waals surface area contributed by atoms with Gasteiger partial charge in [-0.2, -0.15) is 0 Å². The lowest BCUT2D eigenvalue weighted by Gasteiger charge is -2.38. The predicted octanol–water partition coefficient (Wildman–Crippen LogP) is 1.59. The summed E-state index contributed by atoms with van der Waals surface area (Å²) in [6.45, 7) is 1.72. The number of carbonyl (C=O) groups is 1. The maximum Gasteiger partial charge on any atom is 0.220 e. The van der Waals surface area contributed by atoms with E-state index in [0.29, 0.717) is 35.2 Å². The van der Waals surface area contributed by atoms with Gasteiger partial charge >= 0.3 is 0 Å². The summed E-state index contributed by atoms with van der Waals surface area (Å²) in [4.78, 5) is 17.2. The van der Waals surface area contributed by atoms with Crippen molar-refractivity contribution in [3.8, 4) is 0 Å². The SMILES string of the molecule is NC(=O)CC1(O)CCCN(Cc2ncc(Cl)cc2Cl)C1. The molecule has 20 heavy (non-hydrogen) atoms. The van der Waals surface area contributed by atoms with Crippen molar-refractivity contribution < 1.29 is 9.90 Å². The van der Waals surface area contributed by atoms with Gasteiger partial charge < -0.3 is 10.8 Å². The minimum atomic E-state index is -1.05. The van der Waals surface area contributed by atoms with Crippen molar-refractivity contribution in [2.75, 3.05) is 13.1 Å². The second-order valence-corrected chi connectivity index (χ2v) is 6.11. The van der Waals surface area contributed by atoms with Gasteiger partial charge in [0.1, 0.15) is 0 Å². The fraction of sp³-hybridized carbons (Fsp3) is 0.538. The zero-order valence-corrected chi connectivity index (χ0v) is 12.5. The Balaban J connectivity index is 2.04. The number of carbonyl (C=O) groups excluding carboxylic acids is 1. The van der Waals surface area contributed by atoms with Crippen LogP contribution in [0.2, 0.25) is 10.0 Å². The Labute approximate surface area is 127 Å². The van der Waals surface area contributed by atoms with Crippen molar-refractivity contribution >= 4 is 29.1 Å². The van der Waals surface area contributed by atoms with Crippen LogP contribution in [0, 0.1) is 0 Å². The van der Waals surface area contributed by atoms with Crippen molar-refractivity contribution in [1.82, 2.24) is 9.88 Å². The molecule has 2 heterocycles. The second-order valence-electron chi connectivity index (χ2n) is 5.26. The number of hydrogen-bond donors (Lipinski definition) is 2. The third-order valence-electron chi connectivity index (χ3n) is 3.40. The van der Waals surface area contributed by atoms with E-state index < -0.39 is 11.5 Å². The molecule has 1 aromatic rings. The number of rotatable bonds is 4. The molecule has 1 fully saturated rings. The largest absolute Gasteiger partial charge is 0.388 e. The van der Waals surface area contributed by atoms with Gasteiger partial charge in [0, 0.05) is 19.3 Å². The van der Waals surface area contributed by atoms with Gasteiger partial charge in [0.25, 0.3) is 0 Å². The molecule has 1 aromatic heterocycles. The average Bonchev–Trinajstić information content (AvgIpc) is 2.31.